The van der Waals surface area contributed by atoms with E-state index in [1.807, 2.05) is 33.8 Å². The average molecular weight is 320 g/mol. The van der Waals surface area contributed by atoms with Gasteiger partial charge in [-0.05, 0) is 39.8 Å². The van der Waals surface area contributed by atoms with Gasteiger partial charge in [-0.25, -0.2) is 0 Å². The molecule has 0 N–H and O–H groups in total. The van der Waals surface area contributed by atoms with Gasteiger partial charge in [0, 0.05) is 36.4 Å². The second-order valence-electron chi connectivity index (χ2n) is 5.68. The van der Waals surface area contributed by atoms with Gasteiger partial charge in [-0.15, -0.1) is 0 Å². The first kappa shape index (κ1) is 16.4. The minimum atomic E-state index is -0.504. The molecule has 0 saturated heterocycles. The summed E-state index contributed by atoms with van der Waals surface area (Å²) in [4.78, 5) is 13.4. The summed E-state index contributed by atoms with van der Waals surface area (Å²) in [5.74, 6) is 0.627. The number of fused-ring (bicyclic) bond motifs is 1. The van der Waals surface area contributed by atoms with Gasteiger partial charge in [0.05, 0.1) is 4.92 Å². The van der Waals surface area contributed by atoms with Gasteiger partial charge in [0.25, 0.3) is 5.69 Å². The highest BCUT2D eigenvalue weighted by molar-refractivity contribution is 7.81. The topological polar surface area (TPSA) is 55.6 Å². The van der Waals surface area contributed by atoms with Crippen molar-refractivity contribution < 1.29 is 9.66 Å². The molecule has 0 bridgehead atoms. The van der Waals surface area contributed by atoms with Crippen LogP contribution in [0, 0.1) is 10.1 Å². The highest BCUT2D eigenvalue weighted by Crippen LogP contribution is 2.39. The molecule has 0 fully saturated rings. The van der Waals surface area contributed by atoms with Gasteiger partial charge in [-0.2, -0.15) is 0 Å². The van der Waals surface area contributed by atoms with Crippen molar-refractivity contribution in [2.45, 2.75) is 33.3 Å². The Balaban J connectivity index is 2.56. The summed E-state index contributed by atoms with van der Waals surface area (Å²) in [6.45, 7) is 9.55. The lowest BCUT2D eigenvalue weighted by atomic mass is 9.94. The second-order valence-corrected chi connectivity index (χ2v) is 6.07. The van der Waals surface area contributed by atoms with Crippen LogP contribution < -0.4 is 4.74 Å². The van der Waals surface area contributed by atoms with Crippen LogP contribution in [0.2, 0.25) is 0 Å². The molecule has 0 radical (unpaired) electrons. The zero-order valence-corrected chi connectivity index (χ0v) is 14.1. The molecular formula is C16H20N2O3S. The normalized spacial score (nSPS) is 15.4. The number of non-ortho nitro benzene ring substituents is 1. The molecule has 1 aromatic rings. The van der Waals surface area contributed by atoms with Gasteiger partial charge in [0.2, 0.25) is 0 Å². The Labute approximate surface area is 135 Å². The van der Waals surface area contributed by atoms with Crippen molar-refractivity contribution in [1.29, 1.82) is 0 Å². The molecule has 6 heteroatoms. The fourth-order valence-corrected chi connectivity index (χ4v) is 2.95. The molecule has 1 aromatic carbocycles. The van der Waals surface area contributed by atoms with Crippen molar-refractivity contribution in [3.8, 4) is 5.75 Å². The Hall–Kier alpha value is -1.95. The molecule has 0 spiro atoms. The highest BCUT2D eigenvalue weighted by Gasteiger charge is 2.30. The Kier molecular flexibility index (Phi) is 4.51. The molecule has 0 atom stereocenters. The van der Waals surface area contributed by atoms with Crippen LogP contribution in [0.1, 0.15) is 33.3 Å². The Morgan fingerprint density at radius 2 is 2.00 bits per heavy atom. The van der Waals surface area contributed by atoms with E-state index in [2.05, 4.69) is 4.90 Å². The van der Waals surface area contributed by atoms with Crippen molar-refractivity contribution in [3.05, 3.63) is 40.0 Å². The zero-order valence-electron chi connectivity index (χ0n) is 13.3. The number of nitro groups is 1. The molecule has 0 unspecified atom stereocenters. The second kappa shape index (κ2) is 6.04. The van der Waals surface area contributed by atoms with Crippen LogP contribution in [0.5, 0.6) is 5.75 Å². The van der Waals surface area contributed by atoms with E-state index >= 15 is 0 Å². The predicted molar refractivity (Wildman–Crippen MR) is 91.3 cm³/mol. The van der Waals surface area contributed by atoms with Crippen molar-refractivity contribution in [3.63, 3.8) is 0 Å². The molecule has 2 rings (SSSR count). The van der Waals surface area contributed by atoms with E-state index in [4.69, 9.17) is 17.0 Å². The van der Waals surface area contributed by atoms with Crippen molar-refractivity contribution >= 4 is 28.5 Å². The third kappa shape index (κ3) is 3.11. The lowest BCUT2D eigenvalue weighted by Crippen LogP contribution is -2.35. The van der Waals surface area contributed by atoms with Gasteiger partial charge in [0.1, 0.15) is 16.3 Å². The van der Waals surface area contributed by atoms with Crippen molar-refractivity contribution in [2.75, 3.05) is 13.1 Å². The minimum absolute atomic E-state index is 0.0373. The fraction of sp³-hybridized carbons (Fsp3) is 0.438. The third-order valence-electron chi connectivity index (χ3n) is 3.61. The van der Waals surface area contributed by atoms with E-state index in [1.54, 1.807) is 6.07 Å². The van der Waals surface area contributed by atoms with E-state index in [9.17, 15) is 10.1 Å². The summed E-state index contributed by atoms with van der Waals surface area (Å²) >= 11 is 5.61. The van der Waals surface area contributed by atoms with Gasteiger partial charge in [-0.1, -0.05) is 12.2 Å². The van der Waals surface area contributed by atoms with Crippen LogP contribution in [-0.2, 0) is 0 Å². The molecule has 5 nitrogen and oxygen atoms in total. The van der Waals surface area contributed by atoms with E-state index in [0.717, 1.165) is 18.7 Å². The Morgan fingerprint density at radius 1 is 1.36 bits per heavy atom. The molecular weight excluding hydrogens is 300 g/mol. The number of thiocarbonyl (C=S) groups is 1. The maximum atomic E-state index is 11.0. The lowest BCUT2D eigenvalue weighted by Gasteiger charge is -2.33. The summed E-state index contributed by atoms with van der Waals surface area (Å²) in [7, 11) is 0. The molecule has 0 aromatic heterocycles. The summed E-state index contributed by atoms with van der Waals surface area (Å²) in [6, 6.07) is 4.64. The van der Waals surface area contributed by atoms with Crippen LogP contribution in [0.15, 0.2) is 24.3 Å². The molecule has 0 amide bonds. The number of benzene rings is 1. The molecule has 1 aliphatic rings. The lowest BCUT2D eigenvalue weighted by molar-refractivity contribution is -0.384. The van der Waals surface area contributed by atoms with E-state index in [1.165, 1.54) is 12.1 Å². The number of ether oxygens (including phenoxy) is 1. The van der Waals surface area contributed by atoms with Crippen LogP contribution in [-0.4, -0.2) is 33.5 Å². The molecule has 1 aliphatic heterocycles. The predicted octanol–water partition coefficient (Wildman–Crippen LogP) is 3.82. The van der Waals surface area contributed by atoms with Crippen LogP contribution >= 0.6 is 12.2 Å². The quantitative estimate of drug-likeness (QED) is 0.479. The highest BCUT2D eigenvalue weighted by atomic mass is 32.1. The minimum Gasteiger partial charge on any atom is -0.483 e. The van der Waals surface area contributed by atoms with Crippen LogP contribution in [0.4, 0.5) is 5.69 Å². The van der Waals surface area contributed by atoms with E-state index in [0.29, 0.717) is 16.3 Å². The number of hydrogen-bond acceptors (Lipinski definition) is 4. The van der Waals surface area contributed by atoms with Gasteiger partial charge in [0.15, 0.2) is 0 Å². The van der Waals surface area contributed by atoms with Crippen LogP contribution in [0.25, 0.3) is 5.57 Å². The summed E-state index contributed by atoms with van der Waals surface area (Å²) in [5, 5.41) is 11.0. The largest absolute Gasteiger partial charge is 0.483 e. The first-order valence-corrected chi connectivity index (χ1v) is 7.70. The maximum absolute atomic E-state index is 11.0. The summed E-state index contributed by atoms with van der Waals surface area (Å²) in [5.41, 5.74) is 1.05. The van der Waals surface area contributed by atoms with Gasteiger partial charge < -0.3 is 9.64 Å². The zero-order chi connectivity index (χ0) is 16.5. The molecule has 0 saturated carbocycles. The van der Waals surface area contributed by atoms with E-state index < -0.39 is 10.5 Å². The number of rotatable bonds is 4. The molecule has 118 valence electrons. The van der Waals surface area contributed by atoms with Crippen molar-refractivity contribution in [1.82, 2.24) is 4.90 Å². The number of likely N-dealkylation sites (N-methyl/N-ethyl adjacent to an activating group) is 1. The molecule has 22 heavy (non-hydrogen) atoms. The number of hydrogen-bond donors (Lipinski definition) is 0. The smallest absolute Gasteiger partial charge is 0.270 e. The maximum Gasteiger partial charge on any atom is 0.270 e. The SMILES string of the molecule is CCN(CC)C(=S)C1=CC(C)(C)Oc2ccc([N+](=O)[O-])cc21. The van der Waals surface area contributed by atoms with Crippen molar-refractivity contribution in [2.24, 2.45) is 0 Å². The standard InChI is InChI=1S/C16H20N2O3S/c1-5-17(6-2)15(22)13-10-16(3,4)21-14-8-7-11(18(19)20)9-12(13)14/h7-10H,5-6H2,1-4H3. The third-order valence-corrected chi connectivity index (χ3v) is 4.09. The summed E-state index contributed by atoms with van der Waals surface area (Å²) < 4.78 is 5.90. The number of nitro benzene ring substituents is 1. The average Bonchev–Trinajstić information content (AvgIpc) is 2.46. The molecule has 1 heterocycles. The first-order valence-electron chi connectivity index (χ1n) is 7.29. The van der Waals surface area contributed by atoms with Crippen LogP contribution in [0.3, 0.4) is 0 Å². The number of nitrogens with zero attached hydrogens (tertiary/aromatic N) is 2. The Bertz CT molecular complexity index is 649. The Morgan fingerprint density at radius 3 is 2.55 bits per heavy atom. The fourth-order valence-electron chi connectivity index (χ4n) is 2.53. The molecule has 0 aliphatic carbocycles. The van der Waals surface area contributed by atoms with Gasteiger partial charge in [-0.3, -0.25) is 10.1 Å². The first-order chi connectivity index (χ1) is 10.3. The summed E-state index contributed by atoms with van der Waals surface area (Å²) in [6.07, 6.45) is 1.94. The monoisotopic (exact) mass is 320 g/mol. The van der Waals surface area contributed by atoms with Gasteiger partial charge >= 0.3 is 0 Å². The van der Waals surface area contributed by atoms with E-state index in [-0.39, 0.29) is 5.69 Å².